The second-order valence-corrected chi connectivity index (χ2v) is 6.95. The number of aliphatic hydroxyl groups excluding tert-OH is 1. The SMILES string of the molecule is C[C@@H]1CC[C@@H]2[C@H](C3=C1[C@H](O)C[C@H]3C)C2(C)C. The Morgan fingerprint density at radius 3 is 2.44 bits per heavy atom. The Labute approximate surface area is 98.9 Å². The van der Waals surface area contributed by atoms with E-state index >= 15 is 0 Å². The van der Waals surface area contributed by atoms with E-state index in [2.05, 4.69) is 27.7 Å². The van der Waals surface area contributed by atoms with Crippen LogP contribution in [0.1, 0.15) is 47.0 Å². The van der Waals surface area contributed by atoms with Gasteiger partial charge in [-0.2, -0.15) is 0 Å². The fourth-order valence-corrected chi connectivity index (χ4v) is 4.65. The Kier molecular flexibility index (Phi) is 2.12. The number of fused-ring (bicyclic) bond motifs is 2. The van der Waals surface area contributed by atoms with E-state index in [4.69, 9.17) is 0 Å². The Morgan fingerprint density at radius 2 is 1.75 bits per heavy atom. The van der Waals surface area contributed by atoms with E-state index < -0.39 is 0 Å². The van der Waals surface area contributed by atoms with Gasteiger partial charge < -0.3 is 5.11 Å². The highest BCUT2D eigenvalue weighted by atomic mass is 16.3. The second-order valence-electron chi connectivity index (χ2n) is 6.95. The van der Waals surface area contributed by atoms with Crippen LogP contribution >= 0.6 is 0 Å². The standard InChI is InChI=1S/C15H24O/c1-8-5-6-10-14(15(10,3)4)13-9(2)7-11(16)12(8)13/h8-11,14,16H,5-7H2,1-4H3/t8-,9-,10-,11-,14-/m1/s1. The van der Waals surface area contributed by atoms with E-state index in [1.807, 2.05) is 0 Å². The fraction of sp³-hybridized carbons (Fsp3) is 0.867. The molecule has 1 N–H and O–H groups in total. The molecule has 3 rings (SSSR count). The summed E-state index contributed by atoms with van der Waals surface area (Å²) in [6.45, 7) is 9.46. The van der Waals surface area contributed by atoms with Crippen LogP contribution < -0.4 is 0 Å². The summed E-state index contributed by atoms with van der Waals surface area (Å²) in [5.74, 6) is 2.94. The molecule has 1 fully saturated rings. The van der Waals surface area contributed by atoms with E-state index in [1.165, 1.54) is 18.4 Å². The molecule has 1 heteroatoms. The van der Waals surface area contributed by atoms with Crippen molar-refractivity contribution >= 4 is 0 Å². The van der Waals surface area contributed by atoms with Gasteiger partial charge >= 0.3 is 0 Å². The minimum atomic E-state index is -0.129. The topological polar surface area (TPSA) is 20.2 Å². The highest BCUT2D eigenvalue weighted by Crippen LogP contribution is 2.68. The fourth-order valence-electron chi connectivity index (χ4n) is 4.65. The van der Waals surface area contributed by atoms with E-state index in [0.717, 1.165) is 18.3 Å². The van der Waals surface area contributed by atoms with Crippen molar-refractivity contribution in [1.29, 1.82) is 0 Å². The number of allylic oxidation sites excluding steroid dienone is 1. The zero-order valence-corrected chi connectivity index (χ0v) is 11.0. The third kappa shape index (κ3) is 1.21. The first-order valence-electron chi connectivity index (χ1n) is 6.86. The van der Waals surface area contributed by atoms with Crippen LogP contribution in [-0.4, -0.2) is 11.2 Å². The predicted octanol–water partition coefficient (Wildman–Crippen LogP) is 3.39. The van der Waals surface area contributed by atoms with Gasteiger partial charge in [-0.1, -0.05) is 33.3 Å². The molecule has 0 unspecified atom stereocenters. The van der Waals surface area contributed by atoms with Crippen LogP contribution in [0.5, 0.6) is 0 Å². The Morgan fingerprint density at radius 1 is 1.06 bits per heavy atom. The summed E-state index contributed by atoms with van der Waals surface area (Å²) in [6.07, 6.45) is 3.50. The average molecular weight is 220 g/mol. The normalized spacial score (nSPS) is 49.7. The molecule has 0 heterocycles. The molecule has 0 bridgehead atoms. The number of aliphatic hydroxyl groups is 1. The molecule has 0 aromatic heterocycles. The number of hydrogen-bond donors (Lipinski definition) is 1. The molecule has 90 valence electrons. The van der Waals surface area contributed by atoms with Crippen LogP contribution in [0.2, 0.25) is 0 Å². The van der Waals surface area contributed by atoms with E-state index in [0.29, 0.717) is 17.3 Å². The van der Waals surface area contributed by atoms with Gasteiger partial charge in [0, 0.05) is 0 Å². The third-order valence-corrected chi connectivity index (χ3v) is 5.63. The van der Waals surface area contributed by atoms with Crippen LogP contribution in [0.3, 0.4) is 0 Å². The first kappa shape index (κ1) is 10.8. The minimum Gasteiger partial charge on any atom is -0.389 e. The van der Waals surface area contributed by atoms with Gasteiger partial charge in [-0.15, -0.1) is 0 Å². The number of rotatable bonds is 0. The van der Waals surface area contributed by atoms with E-state index in [1.54, 1.807) is 5.57 Å². The summed E-state index contributed by atoms with van der Waals surface area (Å²) in [7, 11) is 0. The maximum Gasteiger partial charge on any atom is 0.0761 e. The van der Waals surface area contributed by atoms with Gasteiger partial charge in [0.25, 0.3) is 0 Å². The van der Waals surface area contributed by atoms with Crippen LogP contribution in [0.4, 0.5) is 0 Å². The van der Waals surface area contributed by atoms with Crippen molar-refractivity contribution in [3.05, 3.63) is 11.1 Å². The third-order valence-electron chi connectivity index (χ3n) is 5.63. The molecule has 1 nitrogen and oxygen atoms in total. The van der Waals surface area contributed by atoms with Gasteiger partial charge in [0.05, 0.1) is 6.10 Å². The monoisotopic (exact) mass is 220 g/mol. The van der Waals surface area contributed by atoms with Crippen molar-refractivity contribution in [3.63, 3.8) is 0 Å². The predicted molar refractivity (Wildman–Crippen MR) is 66.0 cm³/mol. The maximum absolute atomic E-state index is 10.2. The smallest absolute Gasteiger partial charge is 0.0761 e. The van der Waals surface area contributed by atoms with Crippen LogP contribution in [-0.2, 0) is 0 Å². The van der Waals surface area contributed by atoms with Gasteiger partial charge in [0.15, 0.2) is 0 Å². The lowest BCUT2D eigenvalue weighted by molar-refractivity contribution is 0.190. The van der Waals surface area contributed by atoms with Gasteiger partial charge in [-0.3, -0.25) is 0 Å². The maximum atomic E-state index is 10.2. The molecule has 0 radical (unpaired) electrons. The van der Waals surface area contributed by atoms with Crippen LogP contribution in [0, 0.1) is 29.1 Å². The molecule has 0 aliphatic heterocycles. The van der Waals surface area contributed by atoms with Crippen molar-refractivity contribution < 1.29 is 5.11 Å². The molecule has 1 saturated carbocycles. The van der Waals surface area contributed by atoms with Gasteiger partial charge in [-0.25, -0.2) is 0 Å². The molecule has 3 aliphatic carbocycles. The van der Waals surface area contributed by atoms with Crippen molar-refractivity contribution in [1.82, 2.24) is 0 Å². The van der Waals surface area contributed by atoms with Gasteiger partial charge in [0.2, 0.25) is 0 Å². The molecular formula is C15H24O. The van der Waals surface area contributed by atoms with Crippen LogP contribution in [0.15, 0.2) is 11.1 Å². The Hall–Kier alpha value is -0.300. The molecule has 5 atom stereocenters. The average Bonchev–Trinajstić information content (AvgIpc) is 2.65. The number of hydrogen-bond acceptors (Lipinski definition) is 1. The quantitative estimate of drug-likeness (QED) is 0.620. The summed E-state index contributed by atoms with van der Waals surface area (Å²) in [4.78, 5) is 0. The first-order valence-corrected chi connectivity index (χ1v) is 6.86. The zero-order chi connectivity index (χ0) is 11.7. The first-order chi connectivity index (χ1) is 7.44. The lowest BCUT2D eigenvalue weighted by Gasteiger charge is -2.19. The van der Waals surface area contributed by atoms with Crippen molar-refractivity contribution in [2.45, 2.75) is 53.1 Å². The van der Waals surface area contributed by atoms with E-state index in [-0.39, 0.29) is 6.10 Å². The molecular weight excluding hydrogens is 196 g/mol. The zero-order valence-electron chi connectivity index (χ0n) is 11.0. The van der Waals surface area contributed by atoms with Crippen molar-refractivity contribution in [2.75, 3.05) is 0 Å². The van der Waals surface area contributed by atoms with Gasteiger partial charge in [-0.05, 0) is 53.9 Å². The highest BCUT2D eigenvalue weighted by molar-refractivity contribution is 5.38. The molecule has 0 saturated heterocycles. The van der Waals surface area contributed by atoms with E-state index in [9.17, 15) is 5.11 Å². The Bertz CT molecular complexity index is 352. The molecule has 0 amide bonds. The summed E-state index contributed by atoms with van der Waals surface area (Å²) in [5, 5.41) is 10.2. The summed E-state index contributed by atoms with van der Waals surface area (Å²) < 4.78 is 0. The molecule has 16 heavy (non-hydrogen) atoms. The molecule has 3 aliphatic rings. The van der Waals surface area contributed by atoms with Crippen molar-refractivity contribution in [3.8, 4) is 0 Å². The summed E-state index contributed by atoms with van der Waals surface area (Å²) in [6, 6.07) is 0. The van der Waals surface area contributed by atoms with Crippen LogP contribution in [0.25, 0.3) is 0 Å². The summed E-state index contributed by atoms with van der Waals surface area (Å²) in [5.41, 5.74) is 3.61. The minimum absolute atomic E-state index is 0.129. The highest BCUT2D eigenvalue weighted by Gasteiger charge is 2.61. The largest absolute Gasteiger partial charge is 0.389 e. The second kappa shape index (κ2) is 3.13. The molecule has 0 aromatic rings. The van der Waals surface area contributed by atoms with Crippen molar-refractivity contribution in [2.24, 2.45) is 29.1 Å². The molecule has 0 aromatic carbocycles. The molecule has 0 spiro atoms. The lowest BCUT2D eigenvalue weighted by atomic mass is 9.88. The Balaban J connectivity index is 2.05. The lowest BCUT2D eigenvalue weighted by Crippen LogP contribution is -2.13. The summed E-state index contributed by atoms with van der Waals surface area (Å²) >= 11 is 0. The van der Waals surface area contributed by atoms with Gasteiger partial charge in [0.1, 0.15) is 0 Å².